The van der Waals surface area contributed by atoms with E-state index in [1.54, 1.807) is 30.5 Å². The van der Waals surface area contributed by atoms with E-state index in [1.807, 2.05) is 38.1 Å². The first-order chi connectivity index (χ1) is 12.5. The second-order valence-electron chi connectivity index (χ2n) is 6.07. The van der Waals surface area contributed by atoms with Crippen molar-refractivity contribution in [2.75, 3.05) is 25.6 Å². The molecule has 0 aliphatic carbocycles. The average molecular weight is 355 g/mol. The Kier molecular flexibility index (Phi) is 7.14. The molecule has 0 saturated carbocycles. The summed E-state index contributed by atoms with van der Waals surface area (Å²) in [6.07, 6.45) is 2.06. The molecule has 6 nitrogen and oxygen atoms in total. The number of anilines is 1. The Morgan fingerprint density at radius 3 is 2.50 bits per heavy atom. The van der Waals surface area contributed by atoms with Crippen LogP contribution < -0.4 is 15.0 Å². The second kappa shape index (κ2) is 9.56. The van der Waals surface area contributed by atoms with Gasteiger partial charge in [-0.1, -0.05) is 0 Å². The Balaban J connectivity index is 1.79. The van der Waals surface area contributed by atoms with Gasteiger partial charge in [-0.15, -0.1) is 0 Å². The minimum atomic E-state index is -0.146. The summed E-state index contributed by atoms with van der Waals surface area (Å²) < 4.78 is 5.35. The fraction of sp³-hybridized carbons (Fsp3) is 0.350. The molecule has 138 valence electrons. The van der Waals surface area contributed by atoms with E-state index in [1.165, 1.54) is 0 Å². The molecule has 2 rings (SSSR count). The Labute approximate surface area is 154 Å². The topological polar surface area (TPSA) is 71.5 Å². The van der Waals surface area contributed by atoms with Gasteiger partial charge in [-0.05, 0) is 48.9 Å². The van der Waals surface area contributed by atoms with Crippen LogP contribution >= 0.6 is 0 Å². The zero-order valence-electron chi connectivity index (χ0n) is 15.5. The van der Waals surface area contributed by atoms with Crippen LogP contribution in [0.2, 0.25) is 0 Å². The molecule has 26 heavy (non-hydrogen) atoms. The summed E-state index contributed by atoms with van der Waals surface area (Å²) in [5, 5.41) is 2.84. The maximum atomic E-state index is 12.2. The van der Waals surface area contributed by atoms with Gasteiger partial charge in [0.15, 0.2) is 5.78 Å². The summed E-state index contributed by atoms with van der Waals surface area (Å²) in [6.45, 7) is 2.91. The Bertz CT molecular complexity index is 742. The first-order valence-corrected chi connectivity index (χ1v) is 8.64. The molecule has 1 amide bonds. The van der Waals surface area contributed by atoms with Crippen molar-refractivity contribution in [1.82, 2.24) is 10.3 Å². The van der Waals surface area contributed by atoms with Crippen LogP contribution in [0, 0.1) is 0 Å². The third kappa shape index (κ3) is 5.88. The summed E-state index contributed by atoms with van der Waals surface area (Å²) in [5.74, 6) is 1.37. The molecule has 0 spiro atoms. The highest BCUT2D eigenvalue weighted by atomic mass is 16.5. The number of hydrogen-bond donors (Lipinski definition) is 1. The number of carbonyl (C=O) groups excluding carboxylic acids is 2. The molecule has 1 heterocycles. The Hall–Kier alpha value is -2.89. The number of amides is 1. The fourth-order valence-electron chi connectivity index (χ4n) is 2.38. The van der Waals surface area contributed by atoms with Crippen LogP contribution in [-0.4, -0.2) is 37.4 Å². The van der Waals surface area contributed by atoms with Gasteiger partial charge >= 0.3 is 0 Å². The molecule has 0 saturated heterocycles. The van der Waals surface area contributed by atoms with Crippen molar-refractivity contribution < 1.29 is 14.3 Å². The second-order valence-corrected chi connectivity index (χ2v) is 6.07. The maximum Gasteiger partial charge on any atom is 0.220 e. The van der Waals surface area contributed by atoms with Crippen LogP contribution in [0.15, 0.2) is 42.6 Å². The van der Waals surface area contributed by atoms with E-state index in [-0.39, 0.29) is 24.5 Å². The molecule has 1 aromatic heterocycles. The minimum Gasteiger partial charge on any atom is -0.494 e. The lowest BCUT2D eigenvalue weighted by molar-refractivity contribution is -0.121. The van der Waals surface area contributed by atoms with E-state index in [4.69, 9.17) is 4.74 Å². The van der Waals surface area contributed by atoms with Crippen LogP contribution in [-0.2, 0) is 11.3 Å². The number of rotatable bonds is 9. The normalized spacial score (nSPS) is 10.3. The van der Waals surface area contributed by atoms with Crippen molar-refractivity contribution in [2.45, 2.75) is 26.3 Å². The van der Waals surface area contributed by atoms with E-state index in [2.05, 4.69) is 10.3 Å². The van der Waals surface area contributed by atoms with Gasteiger partial charge in [0.1, 0.15) is 11.6 Å². The number of nitrogens with one attached hydrogen (secondary N) is 1. The van der Waals surface area contributed by atoms with Crippen LogP contribution in [0.5, 0.6) is 5.75 Å². The van der Waals surface area contributed by atoms with Crippen LogP contribution in [0.4, 0.5) is 5.82 Å². The van der Waals surface area contributed by atoms with Gasteiger partial charge in [-0.25, -0.2) is 4.98 Å². The average Bonchev–Trinajstić information content (AvgIpc) is 2.65. The predicted molar refractivity (Wildman–Crippen MR) is 102 cm³/mol. The van der Waals surface area contributed by atoms with E-state index in [0.717, 1.165) is 17.1 Å². The number of carbonyl (C=O) groups is 2. The molecular weight excluding hydrogens is 330 g/mol. The largest absolute Gasteiger partial charge is 0.494 e. The summed E-state index contributed by atoms with van der Waals surface area (Å²) in [5.41, 5.74) is 1.56. The molecular formula is C20H25N3O3. The number of Topliss-reactive ketones (excluding diaryl/α,β-unsaturated/α-hetero) is 1. The monoisotopic (exact) mass is 355 g/mol. The quantitative estimate of drug-likeness (QED) is 0.700. The third-order valence-corrected chi connectivity index (χ3v) is 3.82. The highest BCUT2D eigenvalue weighted by Crippen LogP contribution is 2.14. The van der Waals surface area contributed by atoms with Gasteiger partial charge in [0, 0.05) is 45.2 Å². The lowest BCUT2D eigenvalue weighted by atomic mass is 10.1. The van der Waals surface area contributed by atoms with Crippen molar-refractivity contribution >= 4 is 17.5 Å². The Morgan fingerprint density at radius 1 is 1.12 bits per heavy atom. The maximum absolute atomic E-state index is 12.2. The zero-order chi connectivity index (χ0) is 18.9. The fourth-order valence-corrected chi connectivity index (χ4v) is 2.38. The first-order valence-electron chi connectivity index (χ1n) is 8.64. The van der Waals surface area contributed by atoms with Gasteiger partial charge in [-0.2, -0.15) is 0 Å². The Morgan fingerprint density at radius 2 is 1.85 bits per heavy atom. The van der Waals surface area contributed by atoms with Crippen molar-refractivity contribution in [3.63, 3.8) is 0 Å². The summed E-state index contributed by atoms with van der Waals surface area (Å²) in [6, 6.07) is 10.8. The van der Waals surface area contributed by atoms with E-state index >= 15 is 0 Å². The number of ether oxygens (including phenoxy) is 1. The van der Waals surface area contributed by atoms with Gasteiger partial charge in [0.25, 0.3) is 0 Å². The first kappa shape index (κ1) is 19.4. The lowest BCUT2D eigenvalue weighted by Crippen LogP contribution is -2.23. The molecule has 0 fully saturated rings. The van der Waals surface area contributed by atoms with Crippen LogP contribution in [0.25, 0.3) is 0 Å². The van der Waals surface area contributed by atoms with Gasteiger partial charge in [0.05, 0.1) is 6.61 Å². The summed E-state index contributed by atoms with van der Waals surface area (Å²) in [7, 11) is 3.83. The van der Waals surface area contributed by atoms with Gasteiger partial charge in [0.2, 0.25) is 5.91 Å². The smallest absolute Gasteiger partial charge is 0.220 e. The minimum absolute atomic E-state index is 0.0537. The number of nitrogens with zero attached hydrogens (tertiary/aromatic N) is 2. The lowest BCUT2D eigenvalue weighted by Gasteiger charge is -2.12. The van der Waals surface area contributed by atoms with E-state index < -0.39 is 0 Å². The molecule has 1 N–H and O–H groups in total. The molecule has 0 unspecified atom stereocenters. The van der Waals surface area contributed by atoms with E-state index in [0.29, 0.717) is 18.7 Å². The molecule has 0 atom stereocenters. The third-order valence-electron chi connectivity index (χ3n) is 3.82. The predicted octanol–water partition coefficient (Wildman–Crippen LogP) is 2.83. The van der Waals surface area contributed by atoms with Crippen molar-refractivity contribution in [3.8, 4) is 5.75 Å². The molecule has 2 aromatic rings. The number of benzene rings is 1. The molecule has 0 bridgehead atoms. The highest BCUT2D eigenvalue weighted by Gasteiger charge is 2.10. The summed E-state index contributed by atoms with van der Waals surface area (Å²) >= 11 is 0. The standard InChI is InChI=1S/C20H25N3O3/c1-4-26-17-7-5-16(6-8-17)18(24)9-10-20(25)22-14-15-11-12-21-19(13-15)23(2)3/h5-8,11-13H,4,9-10,14H2,1-3H3,(H,22,25). The molecule has 0 radical (unpaired) electrons. The number of aromatic nitrogens is 1. The van der Waals surface area contributed by atoms with Crippen molar-refractivity contribution in [1.29, 1.82) is 0 Å². The van der Waals surface area contributed by atoms with Crippen LogP contribution in [0.3, 0.4) is 0 Å². The van der Waals surface area contributed by atoms with E-state index in [9.17, 15) is 9.59 Å². The van der Waals surface area contributed by atoms with Crippen molar-refractivity contribution in [2.24, 2.45) is 0 Å². The number of hydrogen-bond acceptors (Lipinski definition) is 5. The molecule has 0 aliphatic rings. The molecule has 0 aliphatic heterocycles. The van der Waals surface area contributed by atoms with Crippen LogP contribution in [0.1, 0.15) is 35.7 Å². The zero-order valence-corrected chi connectivity index (χ0v) is 15.5. The highest BCUT2D eigenvalue weighted by molar-refractivity contribution is 5.98. The van der Waals surface area contributed by atoms with Gasteiger partial charge < -0.3 is 15.0 Å². The molecule has 1 aromatic carbocycles. The molecule has 6 heteroatoms. The van der Waals surface area contributed by atoms with Crippen molar-refractivity contribution in [3.05, 3.63) is 53.7 Å². The SMILES string of the molecule is CCOc1ccc(C(=O)CCC(=O)NCc2ccnc(N(C)C)c2)cc1. The number of pyridine rings is 1. The van der Waals surface area contributed by atoms with Gasteiger partial charge in [-0.3, -0.25) is 9.59 Å². The summed E-state index contributed by atoms with van der Waals surface area (Å²) in [4.78, 5) is 30.3. The number of ketones is 1.